The van der Waals surface area contributed by atoms with Gasteiger partial charge >= 0.3 is 12.1 Å². The molecule has 0 aliphatic carbocycles. The average Bonchev–Trinajstić information content (AvgIpc) is 3.03. The van der Waals surface area contributed by atoms with E-state index in [1.54, 1.807) is 44.2 Å². The summed E-state index contributed by atoms with van der Waals surface area (Å²) in [5.41, 5.74) is 0.859. The summed E-state index contributed by atoms with van der Waals surface area (Å²) in [4.78, 5) is 60.5. The lowest BCUT2D eigenvalue weighted by Crippen LogP contribution is -2.48. The number of non-ortho nitro benzene ring substituents is 1. The molecule has 0 radical (unpaired) electrons. The first-order valence-corrected chi connectivity index (χ1v) is 16.7. The largest absolute Gasteiger partial charge is 0.514 e. The van der Waals surface area contributed by atoms with Gasteiger partial charge in [-0.2, -0.15) is 0 Å². The highest BCUT2D eigenvalue weighted by atomic mass is 35.5. The Labute approximate surface area is 298 Å². The van der Waals surface area contributed by atoms with Crippen LogP contribution in [0.25, 0.3) is 0 Å². The number of hydrogen-bond donors (Lipinski definition) is 1. The number of allylic oxidation sites excluding steroid dienone is 6. The van der Waals surface area contributed by atoms with Crippen molar-refractivity contribution < 1.29 is 38.3 Å². The number of Topliss-reactive ketones (excluding diaryl/α,β-unsaturated/α-hetero) is 1. The molecule has 1 amide bonds. The van der Waals surface area contributed by atoms with Gasteiger partial charge in [-0.25, -0.2) is 9.59 Å². The number of ketones is 1. The maximum atomic E-state index is 13.2. The Kier molecular flexibility index (Phi) is 16.6. The van der Waals surface area contributed by atoms with Crippen molar-refractivity contribution in [3.63, 3.8) is 0 Å². The zero-order valence-corrected chi connectivity index (χ0v) is 30.4. The summed E-state index contributed by atoms with van der Waals surface area (Å²) < 4.78 is 16.1. The minimum atomic E-state index is -0.993. The fraction of sp³-hybridized carbons (Fsp3) is 0.421. The zero-order chi connectivity index (χ0) is 37.4. The Balaban J connectivity index is 1.94. The van der Waals surface area contributed by atoms with Crippen molar-refractivity contribution in [2.45, 2.75) is 92.4 Å². The molecular formula is C38H47ClN2O9. The normalized spacial score (nSPS) is 17.6. The summed E-state index contributed by atoms with van der Waals surface area (Å²) in [7, 11) is 0. The third kappa shape index (κ3) is 15.2. The summed E-state index contributed by atoms with van der Waals surface area (Å²) >= 11 is 5.97. The Morgan fingerprint density at radius 2 is 1.76 bits per heavy atom. The Bertz CT molecular complexity index is 1560. The minimum absolute atomic E-state index is 0.0175. The number of cyclic esters (lactones) is 1. The lowest BCUT2D eigenvalue weighted by atomic mass is 9.83. The van der Waals surface area contributed by atoms with Crippen LogP contribution in [0.1, 0.15) is 74.1 Å². The van der Waals surface area contributed by atoms with E-state index < -0.39 is 34.5 Å². The van der Waals surface area contributed by atoms with Crippen molar-refractivity contribution in [2.75, 3.05) is 0 Å². The van der Waals surface area contributed by atoms with Crippen molar-refractivity contribution >= 4 is 41.1 Å². The van der Waals surface area contributed by atoms with Gasteiger partial charge in [0.2, 0.25) is 5.91 Å². The summed E-state index contributed by atoms with van der Waals surface area (Å²) in [5, 5.41) is 14.2. The maximum Gasteiger partial charge on any atom is 0.514 e. The van der Waals surface area contributed by atoms with Gasteiger partial charge < -0.3 is 19.5 Å². The van der Waals surface area contributed by atoms with Crippen molar-refractivity contribution in [1.82, 2.24) is 5.32 Å². The van der Waals surface area contributed by atoms with Crippen LogP contribution in [-0.4, -0.2) is 47.0 Å². The van der Waals surface area contributed by atoms with E-state index >= 15 is 0 Å². The van der Waals surface area contributed by atoms with Gasteiger partial charge in [-0.15, -0.1) is 0 Å². The number of amides is 1. The summed E-state index contributed by atoms with van der Waals surface area (Å²) in [6.07, 6.45) is 14.8. The number of ether oxygens (including phenoxy) is 3. The predicted molar refractivity (Wildman–Crippen MR) is 192 cm³/mol. The molecule has 1 aromatic carbocycles. The highest BCUT2D eigenvalue weighted by Gasteiger charge is 2.31. The number of nitro benzene ring substituents is 1. The number of carbonyl (C=O) groups excluding carboxylic acids is 4. The lowest BCUT2D eigenvalue weighted by molar-refractivity contribution is -0.384. The topological polar surface area (TPSA) is 151 Å². The van der Waals surface area contributed by atoms with Gasteiger partial charge in [0.25, 0.3) is 5.69 Å². The molecule has 1 heterocycles. The van der Waals surface area contributed by atoms with Crippen LogP contribution in [0.4, 0.5) is 10.5 Å². The highest BCUT2D eigenvalue weighted by molar-refractivity contribution is 6.29. The Morgan fingerprint density at radius 1 is 1.10 bits per heavy atom. The molecule has 1 aromatic rings. The van der Waals surface area contributed by atoms with Crippen LogP contribution in [0.3, 0.4) is 0 Å². The quantitative estimate of drug-likeness (QED) is 0.0339. The molecule has 1 aliphatic heterocycles. The van der Waals surface area contributed by atoms with E-state index in [2.05, 4.69) is 5.32 Å². The van der Waals surface area contributed by atoms with Crippen molar-refractivity contribution in [3.8, 4) is 5.75 Å². The van der Waals surface area contributed by atoms with Crippen LogP contribution in [-0.2, 0) is 23.9 Å². The number of nitro groups is 1. The molecule has 4 atom stereocenters. The van der Waals surface area contributed by atoms with Gasteiger partial charge in [0.15, 0.2) is 5.78 Å². The first kappa shape index (κ1) is 41.4. The molecule has 1 N–H and O–H groups in total. The molecule has 0 bridgehead atoms. The van der Waals surface area contributed by atoms with Crippen LogP contribution in [0.15, 0.2) is 95.1 Å². The molecule has 0 aromatic heterocycles. The monoisotopic (exact) mass is 710 g/mol. The van der Waals surface area contributed by atoms with Crippen molar-refractivity contribution in [2.24, 2.45) is 11.3 Å². The number of nitrogens with one attached hydrogen (secondary N) is 1. The molecule has 0 unspecified atom stereocenters. The third-order valence-electron chi connectivity index (χ3n) is 7.60. The van der Waals surface area contributed by atoms with Crippen LogP contribution in [0, 0.1) is 21.4 Å². The Hall–Kier alpha value is -4.77. The molecule has 0 saturated carbocycles. The number of esters is 1. The van der Waals surface area contributed by atoms with Gasteiger partial charge in [-0.3, -0.25) is 19.7 Å². The molecule has 1 aliphatic rings. The lowest BCUT2D eigenvalue weighted by Gasteiger charge is -2.29. The molecule has 0 saturated heterocycles. The average molecular weight is 711 g/mol. The smallest absolute Gasteiger partial charge is 0.458 e. The first-order chi connectivity index (χ1) is 23.5. The molecule has 0 fully saturated rings. The molecule has 2 rings (SSSR count). The van der Waals surface area contributed by atoms with E-state index in [9.17, 15) is 29.3 Å². The summed E-state index contributed by atoms with van der Waals surface area (Å²) in [6.45, 7) is 12.9. The summed E-state index contributed by atoms with van der Waals surface area (Å²) in [5.74, 6) is -0.802. The van der Waals surface area contributed by atoms with Crippen LogP contribution >= 0.6 is 11.6 Å². The van der Waals surface area contributed by atoms with Crippen molar-refractivity contribution in [3.05, 3.63) is 105 Å². The first-order valence-electron chi connectivity index (χ1n) is 16.3. The molecule has 0 spiro atoms. The fourth-order valence-electron chi connectivity index (χ4n) is 4.82. The van der Waals surface area contributed by atoms with Gasteiger partial charge in [-0.1, -0.05) is 93.5 Å². The van der Waals surface area contributed by atoms with Crippen LogP contribution < -0.4 is 10.1 Å². The zero-order valence-electron chi connectivity index (χ0n) is 29.6. The van der Waals surface area contributed by atoms with E-state index in [1.807, 2.05) is 52.8 Å². The van der Waals surface area contributed by atoms with Gasteiger partial charge in [0.1, 0.15) is 18.0 Å². The fourth-order valence-corrected chi connectivity index (χ4v) is 4.91. The number of benzene rings is 1. The Morgan fingerprint density at radius 3 is 2.36 bits per heavy atom. The molecular weight excluding hydrogens is 664 g/mol. The number of hydrogen-bond acceptors (Lipinski definition) is 9. The standard InChI is InChI=1S/C38H47ClN2O9/c1-25(24-27(3)33-23-16-26(2)36(44)50-33)12-8-11-15-34(43)40-35(38(5,6)7)32(42)14-10-9-13-30(20-17-28(4)39)48-37(45)49-31-21-18-29(19-22-31)41(46)47/h8-12,15-19,21-22,24,27,30,33,35H,13-14,20,23H2,1-7H3,(H,40,43)/b10-9-,12-8-,15-11-,25-24+,28-17+/t27-,30+,33-,35+/m0/s1. The van der Waals surface area contributed by atoms with Crippen molar-refractivity contribution in [1.29, 1.82) is 0 Å². The SMILES string of the molecule is CC1=CC[C@@H]([C@@H](C)/C=C(C)/C=C\C=C/C(=O)N[C@H](C(=O)C/C=C\C[C@H](C/C=C(\C)Cl)OC(=O)Oc2ccc([N+](=O)[O-])cc2)C(C)(C)C)OC1=O. The molecule has 270 valence electrons. The summed E-state index contributed by atoms with van der Waals surface area (Å²) in [6, 6.07) is 4.23. The predicted octanol–water partition coefficient (Wildman–Crippen LogP) is 8.40. The van der Waals surface area contributed by atoms with E-state index in [-0.39, 0.29) is 54.5 Å². The molecule has 50 heavy (non-hydrogen) atoms. The highest BCUT2D eigenvalue weighted by Crippen LogP contribution is 2.24. The molecule has 11 nitrogen and oxygen atoms in total. The number of carbonyl (C=O) groups is 4. The van der Waals surface area contributed by atoms with E-state index in [0.717, 1.165) is 5.57 Å². The second-order valence-electron chi connectivity index (χ2n) is 13.1. The van der Waals surface area contributed by atoms with Crippen LogP contribution in [0.2, 0.25) is 0 Å². The van der Waals surface area contributed by atoms with Crippen LogP contribution in [0.5, 0.6) is 5.75 Å². The second-order valence-corrected chi connectivity index (χ2v) is 13.7. The second kappa shape index (κ2) is 20.0. The number of rotatable bonds is 16. The van der Waals surface area contributed by atoms with Gasteiger partial charge in [0.05, 0.1) is 11.0 Å². The van der Waals surface area contributed by atoms with Gasteiger partial charge in [0, 0.05) is 60.4 Å². The third-order valence-corrected chi connectivity index (χ3v) is 7.75. The minimum Gasteiger partial charge on any atom is -0.458 e. The molecule has 12 heteroatoms. The van der Waals surface area contributed by atoms with E-state index in [4.69, 9.17) is 25.8 Å². The number of halogens is 1. The van der Waals surface area contributed by atoms with E-state index in [0.29, 0.717) is 17.0 Å². The number of nitrogens with zero attached hydrogens (tertiary/aromatic N) is 1. The van der Waals surface area contributed by atoms with Gasteiger partial charge in [-0.05, 0) is 38.3 Å². The maximum absolute atomic E-state index is 13.2. The van der Waals surface area contributed by atoms with E-state index in [1.165, 1.54) is 30.3 Å².